The zero-order valence-corrected chi connectivity index (χ0v) is 52.1. The summed E-state index contributed by atoms with van der Waals surface area (Å²) in [6, 6.07) is 0. The maximum absolute atomic E-state index is 12.9. The van der Waals surface area contributed by atoms with Crippen LogP contribution < -0.4 is 0 Å². The molecule has 452 valence electrons. The molecule has 0 rings (SSSR count). The Bertz CT molecular complexity index is 1140. The second kappa shape index (κ2) is 65.9. The minimum Gasteiger partial charge on any atom is -0.462 e. The van der Waals surface area contributed by atoms with E-state index in [1.807, 2.05) is 0 Å². The first-order chi connectivity index (χ1) is 37.5. The molecule has 0 aliphatic carbocycles. The van der Waals surface area contributed by atoms with Gasteiger partial charge in [-0.2, -0.15) is 0 Å². The first-order valence-electron chi connectivity index (χ1n) is 35.0. The average Bonchev–Trinajstić information content (AvgIpc) is 3.42. The molecule has 0 heterocycles. The lowest BCUT2D eigenvalue weighted by atomic mass is 10.0. The summed E-state index contributed by atoms with van der Waals surface area (Å²) in [6.45, 7) is 6.73. The predicted molar refractivity (Wildman–Crippen MR) is 330 cm³/mol. The molecule has 0 aromatic rings. The largest absolute Gasteiger partial charge is 0.462 e. The fourth-order valence-electron chi connectivity index (χ4n) is 11.1. The lowest BCUT2D eigenvalue weighted by Gasteiger charge is -2.18. The Morgan fingerprint density at radius 1 is 0.211 bits per heavy atom. The highest BCUT2D eigenvalue weighted by atomic mass is 16.6. The van der Waals surface area contributed by atoms with Gasteiger partial charge in [-0.25, -0.2) is 0 Å². The fraction of sp³-hybridized carbons (Fsp3) is 0.957. The predicted octanol–water partition coefficient (Wildman–Crippen LogP) is 23.8. The van der Waals surface area contributed by atoms with E-state index in [-0.39, 0.29) is 31.1 Å². The maximum Gasteiger partial charge on any atom is 0.306 e. The number of unbranched alkanes of at least 4 members (excludes halogenated alkanes) is 55. The third kappa shape index (κ3) is 63.2. The Morgan fingerprint density at radius 3 is 0.526 bits per heavy atom. The normalized spacial score (nSPS) is 11.9. The second-order valence-electron chi connectivity index (χ2n) is 24.2. The minimum atomic E-state index is -0.762. The van der Waals surface area contributed by atoms with E-state index in [2.05, 4.69) is 20.8 Å². The third-order valence-corrected chi connectivity index (χ3v) is 16.4. The van der Waals surface area contributed by atoms with Crippen molar-refractivity contribution in [2.24, 2.45) is 0 Å². The van der Waals surface area contributed by atoms with Crippen LogP contribution in [0.3, 0.4) is 0 Å². The average molecular weight is 1070 g/mol. The Hall–Kier alpha value is -1.59. The van der Waals surface area contributed by atoms with Crippen LogP contribution >= 0.6 is 0 Å². The molecule has 0 N–H and O–H groups in total. The number of ether oxygens (including phenoxy) is 3. The summed E-state index contributed by atoms with van der Waals surface area (Å²) in [5, 5.41) is 0. The van der Waals surface area contributed by atoms with Crippen molar-refractivity contribution in [1.82, 2.24) is 0 Å². The first-order valence-corrected chi connectivity index (χ1v) is 35.0. The number of carbonyl (C=O) groups excluding carboxylic acids is 3. The number of rotatable bonds is 66. The molecule has 6 nitrogen and oxygen atoms in total. The van der Waals surface area contributed by atoms with Gasteiger partial charge in [-0.1, -0.05) is 374 Å². The fourth-order valence-corrected chi connectivity index (χ4v) is 11.1. The van der Waals surface area contributed by atoms with E-state index in [0.29, 0.717) is 19.3 Å². The zero-order chi connectivity index (χ0) is 55.0. The van der Waals surface area contributed by atoms with Crippen LogP contribution in [0, 0.1) is 0 Å². The van der Waals surface area contributed by atoms with E-state index in [0.717, 1.165) is 57.8 Å². The quantitative estimate of drug-likeness (QED) is 0.0343. The topological polar surface area (TPSA) is 78.9 Å². The Kier molecular flexibility index (Phi) is 64.5. The Balaban J connectivity index is 4.11. The smallest absolute Gasteiger partial charge is 0.306 e. The van der Waals surface area contributed by atoms with E-state index >= 15 is 0 Å². The van der Waals surface area contributed by atoms with Gasteiger partial charge in [0.25, 0.3) is 0 Å². The highest BCUT2D eigenvalue weighted by Gasteiger charge is 2.19. The van der Waals surface area contributed by atoms with Crippen LogP contribution in [0.2, 0.25) is 0 Å². The van der Waals surface area contributed by atoms with Crippen LogP contribution in [0.5, 0.6) is 0 Å². The van der Waals surface area contributed by atoms with Crippen LogP contribution in [0.25, 0.3) is 0 Å². The van der Waals surface area contributed by atoms with Crippen molar-refractivity contribution in [3.63, 3.8) is 0 Å². The highest BCUT2D eigenvalue weighted by Crippen LogP contribution is 2.19. The van der Waals surface area contributed by atoms with Crippen LogP contribution in [-0.4, -0.2) is 37.2 Å². The molecule has 0 bridgehead atoms. The van der Waals surface area contributed by atoms with Crippen molar-refractivity contribution in [1.29, 1.82) is 0 Å². The van der Waals surface area contributed by atoms with Gasteiger partial charge in [0.15, 0.2) is 6.10 Å². The molecule has 0 aromatic carbocycles. The van der Waals surface area contributed by atoms with Crippen molar-refractivity contribution in [2.45, 2.75) is 419 Å². The van der Waals surface area contributed by atoms with E-state index in [9.17, 15) is 14.4 Å². The minimum absolute atomic E-state index is 0.0606. The van der Waals surface area contributed by atoms with Crippen molar-refractivity contribution < 1.29 is 28.6 Å². The van der Waals surface area contributed by atoms with Gasteiger partial charge < -0.3 is 14.2 Å². The van der Waals surface area contributed by atoms with Gasteiger partial charge in [0.05, 0.1) is 0 Å². The summed E-state index contributed by atoms with van der Waals surface area (Å²) in [4.78, 5) is 38.3. The van der Waals surface area contributed by atoms with Crippen molar-refractivity contribution >= 4 is 17.9 Å². The summed E-state index contributed by atoms with van der Waals surface area (Å²) in [5.41, 5.74) is 0. The molecule has 0 fully saturated rings. The molecule has 0 aromatic heterocycles. The van der Waals surface area contributed by atoms with E-state index < -0.39 is 6.10 Å². The SMILES string of the molecule is CCCCCCCCCCCCCCCCCCCCCCCCCCCC(=O)OCC(COC(=O)CCCCCCCCCCCC)OC(=O)CCCCCCCCCCCCCCCCCCCCCCCCC. The number of esters is 3. The van der Waals surface area contributed by atoms with Gasteiger partial charge in [-0.05, 0) is 19.3 Å². The molecule has 0 radical (unpaired) electrons. The Morgan fingerprint density at radius 2 is 0.355 bits per heavy atom. The lowest BCUT2D eigenvalue weighted by molar-refractivity contribution is -0.167. The standard InChI is InChI=1S/C70H136O6/c1-4-7-10-13-16-19-22-24-26-28-30-32-34-35-37-38-40-42-44-46-48-51-54-57-60-63-69(72)75-66-67(65-74-68(71)62-59-56-53-50-21-18-15-12-9-6-3)76-70(73)64-61-58-55-52-49-47-45-43-41-39-36-33-31-29-27-25-23-20-17-14-11-8-5-2/h67H,4-66H2,1-3H3. The van der Waals surface area contributed by atoms with Crippen LogP contribution in [0.1, 0.15) is 412 Å². The summed E-state index contributed by atoms with van der Waals surface area (Å²) in [7, 11) is 0. The number of carbonyl (C=O) groups is 3. The van der Waals surface area contributed by atoms with Gasteiger partial charge in [0.1, 0.15) is 13.2 Å². The van der Waals surface area contributed by atoms with Crippen LogP contribution in [0.4, 0.5) is 0 Å². The molecule has 6 heteroatoms. The summed E-state index contributed by atoms with van der Waals surface area (Å²) >= 11 is 0. The summed E-state index contributed by atoms with van der Waals surface area (Å²) in [6.07, 6.45) is 77.2. The van der Waals surface area contributed by atoms with Gasteiger partial charge in [0, 0.05) is 19.3 Å². The van der Waals surface area contributed by atoms with Crippen molar-refractivity contribution in [3.8, 4) is 0 Å². The van der Waals surface area contributed by atoms with Gasteiger partial charge in [-0.3, -0.25) is 14.4 Å². The number of hydrogen-bond acceptors (Lipinski definition) is 6. The molecule has 0 amide bonds. The third-order valence-electron chi connectivity index (χ3n) is 16.4. The Labute approximate surface area is 476 Å². The lowest BCUT2D eigenvalue weighted by Crippen LogP contribution is -2.30. The molecule has 76 heavy (non-hydrogen) atoms. The molecular formula is C70H136O6. The van der Waals surface area contributed by atoms with Gasteiger partial charge >= 0.3 is 17.9 Å². The number of hydrogen-bond donors (Lipinski definition) is 0. The summed E-state index contributed by atoms with van der Waals surface area (Å²) < 4.78 is 17.0. The van der Waals surface area contributed by atoms with Crippen molar-refractivity contribution in [2.75, 3.05) is 13.2 Å². The second-order valence-corrected chi connectivity index (χ2v) is 24.2. The molecule has 0 saturated carbocycles. The molecular weight excluding hydrogens is 937 g/mol. The molecule has 1 unspecified atom stereocenters. The van der Waals surface area contributed by atoms with Crippen molar-refractivity contribution in [3.05, 3.63) is 0 Å². The van der Waals surface area contributed by atoms with Gasteiger partial charge in [-0.15, -0.1) is 0 Å². The molecule has 1 atom stereocenters. The molecule has 0 spiro atoms. The first kappa shape index (κ1) is 74.4. The summed E-state index contributed by atoms with van der Waals surface area (Å²) in [5.74, 6) is -0.825. The monoisotopic (exact) mass is 1070 g/mol. The maximum atomic E-state index is 12.9. The van der Waals surface area contributed by atoms with Crippen LogP contribution in [0.15, 0.2) is 0 Å². The van der Waals surface area contributed by atoms with E-state index in [4.69, 9.17) is 14.2 Å². The molecule has 0 aliphatic heterocycles. The molecule has 0 aliphatic rings. The van der Waals surface area contributed by atoms with Crippen LogP contribution in [-0.2, 0) is 28.6 Å². The molecule has 0 saturated heterocycles. The van der Waals surface area contributed by atoms with E-state index in [1.54, 1.807) is 0 Å². The van der Waals surface area contributed by atoms with Gasteiger partial charge in [0.2, 0.25) is 0 Å². The highest BCUT2D eigenvalue weighted by molar-refractivity contribution is 5.71. The van der Waals surface area contributed by atoms with E-state index in [1.165, 1.54) is 315 Å². The zero-order valence-electron chi connectivity index (χ0n) is 52.1.